The monoisotopic (exact) mass is 488 g/mol. The lowest BCUT2D eigenvalue weighted by atomic mass is 10.1. The molecule has 0 aromatic rings. The molecule has 0 aromatic heterocycles. The van der Waals surface area contributed by atoms with Crippen LogP contribution in [-0.4, -0.2) is 75.2 Å². The molecule has 0 spiro atoms. The Morgan fingerprint density at radius 2 is 1.96 bits per heavy atom. The van der Waals surface area contributed by atoms with Crippen molar-refractivity contribution >= 4 is 45.9 Å². The molecule has 2 rings (SSSR count). The quantitative estimate of drug-likeness (QED) is 0.347. The van der Waals surface area contributed by atoms with Crippen LogP contribution in [0.15, 0.2) is 4.99 Å². The van der Waals surface area contributed by atoms with Crippen LogP contribution in [0.5, 0.6) is 0 Å². The Balaban J connectivity index is 0.00000312. The normalized spacial score (nSPS) is 23.4. The number of hydrogen-bond acceptors (Lipinski definition) is 5. The summed E-state index contributed by atoms with van der Waals surface area (Å²) in [5, 5.41) is 6.41. The van der Waals surface area contributed by atoms with Gasteiger partial charge in [0.05, 0.1) is 17.5 Å². The van der Waals surface area contributed by atoms with Crippen molar-refractivity contribution in [1.82, 2.24) is 15.5 Å². The Bertz CT molecular complexity index is 597. The molecule has 0 radical (unpaired) electrons. The summed E-state index contributed by atoms with van der Waals surface area (Å²) in [6, 6.07) is 0.121. The molecule has 2 aliphatic heterocycles. The summed E-state index contributed by atoms with van der Waals surface area (Å²) in [5.41, 5.74) is -0.491. The van der Waals surface area contributed by atoms with Crippen molar-refractivity contribution in [3.63, 3.8) is 0 Å². The number of ether oxygens (including phenoxy) is 1. The molecule has 10 heteroatoms. The third-order valence-electron chi connectivity index (χ3n) is 3.98. The predicted octanol–water partition coefficient (Wildman–Crippen LogP) is 0.823. The van der Waals surface area contributed by atoms with Crippen LogP contribution in [0.25, 0.3) is 0 Å². The van der Waals surface area contributed by atoms with E-state index in [2.05, 4.69) is 15.6 Å². The summed E-state index contributed by atoms with van der Waals surface area (Å²) in [6.07, 6.45) is 0.391. The van der Waals surface area contributed by atoms with Crippen LogP contribution in [0.3, 0.4) is 0 Å². The Kier molecular flexibility index (Phi) is 7.78. The smallest absolute Gasteiger partial charge is 0.410 e. The molecule has 2 heterocycles. The first-order chi connectivity index (χ1) is 11.1. The van der Waals surface area contributed by atoms with Gasteiger partial charge < -0.3 is 20.3 Å². The molecule has 146 valence electrons. The fourth-order valence-electron chi connectivity index (χ4n) is 2.71. The zero-order valence-electron chi connectivity index (χ0n) is 15.2. The van der Waals surface area contributed by atoms with E-state index in [1.54, 1.807) is 11.9 Å². The Morgan fingerprint density at radius 3 is 2.44 bits per heavy atom. The molecule has 1 amide bonds. The van der Waals surface area contributed by atoms with Crippen LogP contribution in [-0.2, 0) is 14.6 Å². The minimum Gasteiger partial charge on any atom is -0.444 e. The molecule has 0 aliphatic carbocycles. The van der Waals surface area contributed by atoms with Gasteiger partial charge in [-0.2, -0.15) is 0 Å². The zero-order chi connectivity index (χ0) is 18.0. The molecule has 2 N–H and O–H groups in total. The maximum atomic E-state index is 11.9. The van der Waals surface area contributed by atoms with Gasteiger partial charge in [-0.3, -0.25) is 4.99 Å². The van der Waals surface area contributed by atoms with Crippen LogP contribution in [0.2, 0.25) is 0 Å². The van der Waals surface area contributed by atoms with Crippen molar-refractivity contribution in [2.75, 3.05) is 38.2 Å². The lowest BCUT2D eigenvalue weighted by Crippen LogP contribution is -2.63. The first kappa shape index (κ1) is 22.3. The number of likely N-dealkylation sites (tertiary alicyclic amines) is 1. The summed E-state index contributed by atoms with van der Waals surface area (Å²) in [5.74, 6) is 1.28. The van der Waals surface area contributed by atoms with Crippen LogP contribution >= 0.6 is 24.0 Å². The molecular weight excluding hydrogens is 459 g/mol. The predicted molar refractivity (Wildman–Crippen MR) is 108 cm³/mol. The number of guanidine groups is 1. The number of hydrogen-bond donors (Lipinski definition) is 2. The SMILES string of the molecule is CN=C(NCC1CCS(=O)(=O)C1)NC1CN(C(=O)OC(C)(C)C)C1.I. The van der Waals surface area contributed by atoms with Crippen LogP contribution < -0.4 is 10.6 Å². The van der Waals surface area contributed by atoms with Crippen molar-refractivity contribution in [3.8, 4) is 0 Å². The Morgan fingerprint density at radius 1 is 1.32 bits per heavy atom. The first-order valence-electron chi connectivity index (χ1n) is 8.23. The summed E-state index contributed by atoms with van der Waals surface area (Å²) < 4.78 is 28.2. The highest BCUT2D eigenvalue weighted by molar-refractivity contribution is 14.0. The largest absolute Gasteiger partial charge is 0.444 e. The fourth-order valence-corrected chi connectivity index (χ4v) is 4.57. The molecule has 25 heavy (non-hydrogen) atoms. The molecule has 2 saturated heterocycles. The van der Waals surface area contributed by atoms with E-state index in [9.17, 15) is 13.2 Å². The first-order valence-corrected chi connectivity index (χ1v) is 10.1. The van der Waals surface area contributed by atoms with E-state index in [1.165, 1.54) is 0 Å². The molecule has 0 saturated carbocycles. The van der Waals surface area contributed by atoms with E-state index in [1.807, 2.05) is 20.8 Å². The molecule has 1 unspecified atom stereocenters. The van der Waals surface area contributed by atoms with Crippen LogP contribution in [0, 0.1) is 5.92 Å². The number of aliphatic imine (C=N–C) groups is 1. The van der Waals surface area contributed by atoms with Gasteiger partial charge in [0.25, 0.3) is 0 Å². The van der Waals surface area contributed by atoms with Crippen LogP contribution in [0.4, 0.5) is 4.79 Å². The number of halogens is 1. The van der Waals surface area contributed by atoms with Gasteiger partial charge in [-0.25, -0.2) is 13.2 Å². The molecular formula is C15H29IN4O4S. The van der Waals surface area contributed by atoms with Crippen LogP contribution in [0.1, 0.15) is 27.2 Å². The summed E-state index contributed by atoms with van der Waals surface area (Å²) >= 11 is 0. The number of amides is 1. The Labute approximate surface area is 167 Å². The van der Waals surface area contributed by atoms with Gasteiger partial charge in [-0.1, -0.05) is 0 Å². The van der Waals surface area contributed by atoms with Gasteiger partial charge in [-0.05, 0) is 33.1 Å². The second kappa shape index (κ2) is 8.74. The highest BCUT2D eigenvalue weighted by Crippen LogP contribution is 2.17. The van der Waals surface area contributed by atoms with Gasteiger partial charge in [0.15, 0.2) is 15.8 Å². The van der Waals surface area contributed by atoms with Crippen molar-refractivity contribution in [3.05, 3.63) is 0 Å². The lowest BCUT2D eigenvalue weighted by Gasteiger charge is -2.40. The highest BCUT2D eigenvalue weighted by atomic mass is 127. The Hall–Kier alpha value is -0.780. The van der Waals surface area contributed by atoms with Gasteiger partial charge in [-0.15, -0.1) is 24.0 Å². The molecule has 2 fully saturated rings. The van der Waals surface area contributed by atoms with E-state index in [0.717, 1.165) is 0 Å². The molecule has 2 aliphatic rings. The fraction of sp³-hybridized carbons (Fsp3) is 0.867. The van der Waals surface area contributed by atoms with Crippen molar-refractivity contribution in [1.29, 1.82) is 0 Å². The number of carbonyl (C=O) groups excluding carboxylic acids is 1. The second-order valence-electron chi connectivity index (χ2n) is 7.45. The van der Waals surface area contributed by atoms with E-state index in [4.69, 9.17) is 4.74 Å². The molecule has 0 aromatic carbocycles. The van der Waals surface area contributed by atoms with Gasteiger partial charge in [0.2, 0.25) is 0 Å². The third-order valence-corrected chi connectivity index (χ3v) is 5.82. The topological polar surface area (TPSA) is 100 Å². The van der Waals surface area contributed by atoms with E-state index < -0.39 is 15.4 Å². The molecule has 0 bridgehead atoms. The van der Waals surface area contributed by atoms with Crippen molar-refractivity contribution in [2.45, 2.75) is 38.8 Å². The van der Waals surface area contributed by atoms with E-state index >= 15 is 0 Å². The minimum absolute atomic E-state index is 0. The number of sulfone groups is 1. The van der Waals surface area contributed by atoms with Gasteiger partial charge in [0.1, 0.15) is 5.60 Å². The summed E-state index contributed by atoms with van der Waals surface area (Å²) in [6.45, 7) is 7.24. The number of rotatable bonds is 3. The van der Waals surface area contributed by atoms with Crippen molar-refractivity contribution < 1.29 is 17.9 Å². The number of carbonyl (C=O) groups is 1. The zero-order valence-corrected chi connectivity index (χ0v) is 18.4. The highest BCUT2D eigenvalue weighted by Gasteiger charge is 2.34. The second-order valence-corrected chi connectivity index (χ2v) is 9.68. The lowest BCUT2D eigenvalue weighted by molar-refractivity contribution is 0.00701. The molecule has 1 atom stereocenters. The van der Waals surface area contributed by atoms with Gasteiger partial charge in [0, 0.05) is 26.7 Å². The molecule has 8 nitrogen and oxygen atoms in total. The maximum absolute atomic E-state index is 11.9. The average Bonchev–Trinajstić information content (AvgIpc) is 2.74. The summed E-state index contributed by atoms with van der Waals surface area (Å²) in [4.78, 5) is 17.7. The van der Waals surface area contributed by atoms with E-state index in [0.29, 0.717) is 32.0 Å². The standard InChI is InChI=1S/C15H28N4O4S.HI/c1-15(2,3)23-14(20)19-8-12(9-19)18-13(16-4)17-7-11-5-6-24(21,22)10-11;/h11-12H,5-10H2,1-4H3,(H2,16,17,18);1H. The number of nitrogens with one attached hydrogen (secondary N) is 2. The third kappa shape index (κ3) is 7.16. The average molecular weight is 488 g/mol. The summed E-state index contributed by atoms with van der Waals surface area (Å²) in [7, 11) is -1.19. The van der Waals surface area contributed by atoms with Crippen molar-refractivity contribution in [2.24, 2.45) is 10.9 Å². The minimum atomic E-state index is -2.86. The van der Waals surface area contributed by atoms with Gasteiger partial charge >= 0.3 is 6.09 Å². The van der Waals surface area contributed by atoms with E-state index in [-0.39, 0.29) is 53.5 Å². The number of nitrogens with zero attached hydrogens (tertiary/aromatic N) is 2. The maximum Gasteiger partial charge on any atom is 0.410 e.